The van der Waals surface area contributed by atoms with Gasteiger partial charge in [-0.25, -0.2) is 9.37 Å². The number of hydrogen-bond donors (Lipinski definition) is 1. The molecule has 1 N–H and O–H groups in total. The normalized spacial score (nSPS) is 14.4. The summed E-state index contributed by atoms with van der Waals surface area (Å²) in [4.78, 5) is 33.0. The molecule has 0 unspecified atom stereocenters. The molecule has 180 valence electrons. The van der Waals surface area contributed by atoms with Crippen molar-refractivity contribution in [2.75, 3.05) is 23.3 Å². The zero-order valence-electron chi connectivity index (χ0n) is 19.1. The first kappa shape index (κ1) is 23.5. The molecule has 1 saturated heterocycles. The van der Waals surface area contributed by atoms with Crippen molar-refractivity contribution in [3.63, 3.8) is 0 Å². The number of halogens is 2. The fourth-order valence-corrected chi connectivity index (χ4v) is 5.30. The third-order valence-corrected chi connectivity index (χ3v) is 7.69. The van der Waals surface area contributed by atoms with Gasteiger partial charge in [-0.3, -0.25) is 14.2 Å². The molecule has 0 atom stereocenters. The highest BCUT2D eigenvalue weighted by Gasteiger charge is 2.28. The minimum atomic E-state index is -0.318. The Kier molecular flexibility index (Phi) is 6.58. The molecule has 1 aliphatic heterocycles. The monoisotopic (exact) mass is 510 g/mol. The number of piperidine rings is 1. The van der Waals surface area contributed by atoms with Gasteiger partial charge in [0.2, 0.25) is 11.9 Å². The van der Waals surface area contributed by atoms with Crippen LogP contribution in [0.5, 0.6) is 0 Å². The van der Waals surface area contributed by atoms with E-state index in [9.17, 15) is 14.0 Å². The van der Waals surface area contributed by atoms with Gasteiger partial charge in [-0.05, 0) is 66.6 Å². The van der Waals surface area contributed by atoms with Crippen LogP contribution in [-0.4, -0.2) is 28.5 Å². The number of nitrogens with one attached hydrogen (secondary N) is 1. The first-order valence-corrected chi connectivity index (χ1v) is 12.7. The lowest BCUT2D eigenvalue weighted by Gasteiger charge is -2.33. The number of carbonyl (C=O) groups is 1. The first-order chi connectivity index (χ1) is 16.9. The quantitative estimate of drug-likeness (QED) is 0.387. The zero-order chi connectivity index (χ0) is 24.5. The summed E-state index contributed by atoms with van der Waals surface area (Å²) in [6.45, 7) is 3.40. The number of nitrogens with zero attached hydrogens (tertiary/aromatic N) is 3. The average molecular weight is 511 g/mol. The summed E-state index contributed by atoms with van der Waals surface area (Å²) in [5.74, 6) is 0.0822. The Bertz CT molecular complexity index is 1440. The van der Waals surface area contributed by atoms with Crippen molar-refractivity contribution >= 4 is 50.7 Å². The average Bonchev–Trinajstić information content (AvgIpc) is 3.33. The predicted octanol–water partition coefficient (Wildman–Crippen LogP) is 5.46. The maximum atomic E-state index is 13.4. The minimum absolute atomic E-state index is 0.0329. The molecule has 0 spiro atoms. The number of aryl methyl sites for hydroxylation is 1. The van der Waals surface area contributed by atoms with Crippen molar-refractivity contribution in [2.24, 2.45) is 5.92 Å². The van der Waals surface area contributed by atoms with Crippen LogP contribution in [0.1, 0.15) is 24.0 Å². The third kappa shape index (κ3) is 4.94. The Morgan fingerprint density at radius 1 is 1.17 bits per heavy atom. The number of benzene rings is 2. The van der Waals surface area contributed by atoms with Crippen LogP contribution >= 0.6 is 22.9 Å². The van der Waals surface area contributed by atoms with E-state index in [2.05, 4.69) is 10.2 Å². The summed E-state index contributed by atoms with van der Waals surface area (Å²) >= 11 is 7.55. The summed E-state index contributed by atoms with van der Waals surface area (Å²) in [6.07, 6.45) is 1.28. The van der Waals surface area contributed by atoms with Crippen molar-refractivity contribution in [2.45, 2.75) is 26.3 Å². The number of aromatic nitrogens is 2. The summed E-state index contributed by atoms with van der Waals surface area (Å²) in [5.41, 5.74) is 3.02. The van der Waals surface area contributed by atoms with Crippen molar-refractivity contribution < 1.29 is 9.18 Å². The Morgan fingerprint density at radius 3 is 2.63 bits per heavy atom. The lowest BCUT2D eigenvalue weighted by molar-refractivity contribution is -0.120. The molecule has 3 heterocycles. The predicted molar refractivity (Wildman–Crippen MR) is 139 cm³/mol. The van der Waals surface area contributed by atoms with Gasteiger partial charge >= 0.3 is 0 Å². The van der Waals surface area contributed by atoms with Crippen LogP contribution in [-0.2, 0) is 11.3 Å². The van der Waals surface area contributed by atoms with E-state index in [4.69, 9.17) is 16.6 Å². The van der Waals surface area contributed by atoms with E-state index in [0.29, 0.717) is 59.4 Å². The van der Waals surface area contributed by atoms with Gasteiger partial charge in [-0.1, -0.05) is 29.8 Å². The van der Waals surface area contributed by atoms with E-state index in [1.165, 1.54) is 23.5 Å². The van der Waals surface area contributed by atoms with Crippen LogP contribution in [0, 0.1) is 18.7 Å². The number of fused-ring (bicyclic) bond motifs is 1. The first-order valence-electron chi connectivity index (χ1n) is 11.4. The molecule has 0 saturated carbocycles. The summed E-state index contributed by atoms with van der Waals surface area (Å²) in [5, 5.41) is 5.45. The molecule has 6 nitrogen and oxygen atoms in total. The maximum absolute atomic E-state index is 13.4. The molecule has 1 aliphatic rings. The standard InChI is InChI=1S/C26H24ClFN4O2S/c1-16-2-7-20(14-21(16)27)29-24(33)18-8-11-31(12-9-18)26-30-22-10-13-35-23(22)25(34)32(26)15-17-3-5-19(28)6-4-17/h2-7,10,13-14,18H,8-9,11-12,15H2,1H3,(H,29,33). The maximum Gasteiger partial charge on any atom is 0.273 e. The topological polar surface area (TPSA) is 67.2 Å². The van der Waals surface area contributed by atoms with Gasteiger partial charge in [0, 0.05) is 29.7 Å². The van der Waals surface area contributed by atoms with Gasteiger partial charge in [0.25, 0.3) is 5.56 Å². The number of amides is 1. The van der Waals surface area contributed by atoms with Crippen LogP contribution in [0.2, 0.25) is 5.02 Å². The summed E-state index contributed by atoms with van der Waals surface area (Å²) in [7, 11) is 0. The van der Waals surface area contributed by atoms with E-state index >= 15 is 0 Å². The molecular formula is C26H24ClFN4O2S. The molecule has 35 heavy (non-hydrogen) atoms. The highest BCUT2D eigenvalue weighted by atomic mass is 35.5. The van der Waals surface area contributed by atoms with E-state index in [1.54, 1.807) is 22.8 Å². The lowest BCUT2D eigenvalue weighted by Crippen LogP contribution is -2.41. The van der Waals surface area contributed by atoms with Gasteiger partial charge in [0.15, 0.2) is 0 Å². The van der Waals surface area contributed by atoms with Crippen LogP contribution in [0.25, 0.3) is 10.2 Å². The number of hydrogen-bond acceptors (Lipinski definition) is 5. The summed E-state index contributed by atoms with van der Waals surface area (Å²) in [6, 6.07) is 13.5. The Labute approximate surface area is 211 Å². The molecule has 9 heteroatoms. The molecule has 2 aromatic heterocycles. The molecule has 0 aliphatic carbocycles. The second kappa shape index (κ2) is 9.79. The molecule has 0 radical (unpaired) electrons. The fourth-order valence-electron chi connectivity index (χ4n) is 4.35. The highest BCUT2D eigenvalue weighted by molar-refractivity contribution is 7.17. The van der Waals surface area contributed by atoms with E-state index < -0.39 is 0 Å². The second-order valence-corrected chi connectivity index (χ2v) is 10.1. The largest absolute Gasteiger partial charge is 0.342 e. The molecular weight excluding hydrogens is 487 g/mol. The minimum Gasteiger partial charge on any atom is -0.342 e. The highest BCUT2D eigenvalue weighted by Crippen LogP contribution is 2.27. The van der Waals surface area contributed by atoms with Gasteiger partial charge in [0.05, 0.1) is 12.1 Å². The van der Waals surface area contributed by atoms with Crippen molar-refractivity contribution in [3.05, 3.63) is 86.2 Å². The summed E-state index contributed by atoms with van der Waals surface area (Å²) < 4.78 is 15.6. The number of rotatable bonds is 5. The van der Waals surface area contributed by atoms with Crippen molar-refractivity contribution in [3.8, 4) is 0 Å². The van der Waals surface area contributed by atoms with Crippen LogP contribution in [0.15, 0.2) is 58.7 Å². The fraction of sp³-hybridized carbons (Fsp3) is 0.269. The lowest BCUT2D eigenvalue weighted by atomic mass is 9.96. The van der Waals surface area contributed by atoms with Gasteiger partial charge < -0.3 is 10.2 Å². The Morgan fingerprint density at radius 2 is 1.91 bits per heavy atom. The molecule has 1 amide bonds. The molecule has 1 fully saturated rings. The van der Waals surface area contributed by atoms with Crippen molar-refractivity contribution in [1.82, 2.24) is 9.55 Å². The van der Waals surface area contributed by atoms with Crippen LogP contribution in [0.3, 0.4) is 0 Å². The number of carbonyl (C=O) groups excluding carboxylic acids is 1. The van der Waals surface area contributed by atoms with E-state index in [-0.39, 0.29) is 23.2 Å². The number of thiophene rings is 1. The zero-order valence-corrected chi connectivity index (χ0v) is 20.7. The van der Waals surface area contributed by atoms with E-state index in [1.807, 2.05) is 30.5 Å². The van der Waals surface area contributed by atoms with Gasteiger partial charge in [-0.2, -0.15) is 0 Å². The van der Waals surface area contributed by atoms with Gasteiger partial charge in [-0.15, -0.1) is 11.3 Å². The third-order valence-electron chi connectivity index (χ3n) is 6.39. The Hall–Kier alpha value is -3.23. The van der Waals surface area contributed by atoms with Crippen molar-refractivity contribution in [1.29, 1.82) is 0 Å². The van der Waals surface area contributed by atoms with E-state index in [0.717, 1.165) is 11.1 Å². The van der Waals surface area contributed by atoms with Crippen LogP contribution < -0.4 is 15.8 Å². The molecule has 4 aromatic rings. The van der Waals surface area contributed by atoms with Gasteiger partial charge in [0.1, 0.15) is 10.5 Å². The molecule has 5 rings (SSSR count). The molecule has 2 aromatic carbocycles. The second-order valence-electron chi connectivity index (χ2n) is 8.78. The smallest absolute Gasteiger partial charge is 0.273 e. The molecule has 0 bridgehead atoms. The number of anilines is 2. The van der Waals surface area contributed by atoms with Crippen LogP contribution in [0.4, 0.5) is 16.0 Å². The Balaban J connectivity index is 1.35. The SMILES string of the molecule is Cc1ccc(NC(=O)C2CCN(c3nc4ccsc4c(=O)n3Cc3ccc(F)cc3)CC2)cc1Cl.